The van der Waals surface area contributed by atoms with Gasteiger partial charge < -0.3 is 5.73 Å². The van der Waals surface area contributed by atoms with Gasteiger partial charge in [-0.25, -0.2) is 4.98 Å². The van der Waals surface area contributed by atoms with E-state index in [1.807, 2.05) is 24.5 Å². The molecule has 0 bridgehead atoms. The van der Waals surface area contributed by atoms with Crippen molar-refractivity contribution in [2.45, 2.75) is 4.90 Å². The largest absolute Gasteiger partial charge is 0.399 e. The monoisotopic (exact) mass is 255 g/mol. The first-order chi connectivity index (χ1) is 8.78. The van der Waals surface area contributed by atoms with Gasteiger partial charge in [0.05, 0.1) is 11.0 Å². The molecule has 0 saturated carbocycles. The molecule has 3 aromatic rings. The third-order valence-corrected chi connectivity index (χ3v) is 3.63. The van der Waals surface area contributed by atoms with Crippen molar-refractivity contribution in [3.63, 3.8) is 0 Å². The Morgan fingerprint density at radius 1 is 1.17 bits per heavy atom. The molecule has 0 aliphatic heterocycles. The Kier molecular flexibility index (Phi) is 2.72. The summed E-state index contributed by atoms with van der Waals surface area (Å²) in [6, 6.07) is 14.2. The van der Waals surface area contributed by atoms with Gasteiger partial charge in [-0.05, 0) is 42.7 Å². The molecule has 0 saturated heterocycles. The molecule has 0 radical (unpaired) electrons. The van der Waals surface area contributed by atoms with Crippen LogP contribution in [0.3, 0.4) is 0 Å². The Morgan fingerprint density at radius 2 is 2.06 bits per heavy atom. The number of nitrogens with zero attached hydrogens (tertiary/aromatic N) is 2. The number of nitrogen functional groups attached to an aromatic ring is 1. The van der Waals surface area contributed by atoms with Crippen LogP contribution in [0.5, 0.6) is 0 Å². The number of nitrogens with two attached hydrogens (primary N) is 1. The molecule has 2 aromatic carbocycles. The Bertz CT molecular complexity index is 703. The topological polar surface area (TPSA) is 43.8 Å². The molecule has 90 valence electrons. The van der Waals surface area contributed by atoms with Crippen molar-refractivity contribution < 1.29 is 0 Å². The average molecular weight is 255 g/mol. The lowest BCUT2D eigenvalue weighted by atomic mass is 10.2. The van der Waals surface area contributed by atoms with Gasteiger partial charge in [-0.2, -0.15) is 0 Å². The van der Waals surface area contributed by atoms with Crippen molar-refractivity contribution in [2.75, 3.05) is 12.0 Å². The third kappa shape index (κ3) is 1.84. The highest BCUT2D eigenvalue weighted by molar-refractivity contribution is 7.98. The van der Waals surface area contributed by atoms with Crippen LogP contribution in [0.2, 0.25) is 0 Å². The standard InChI is InChI=1S/C14H13N3S/c1-18-12-4-2-3-11(8-12)17-9-16-13-7-10(15)5-6-14(13)17/h2-9H,15H2,1H3. The fourth-order valence-electron chi connectivity index (χ4n) is 2.00. The van der Waals surface area contributed by atoms with Crippen LogP contribution in [0, 0.1) is 0 Å². The summed E-state index contributed by atoms with van der Waals surface area (Å²) in [5.41, 5.74) is 9.62. The van der Waals surface area contributed by atoms with Crippen LogP contribution in [-0.4, -0.2) is 15.8 Å². The van der Waals surface area contributed by atoms with Crippen molar-refractivity contribution >= 4 is 28.5 Å². The van der Waals surface area contributed by atoms with Crippen molar-refractivity contribution in [1.82, 2.24) is 9.55 Å². The maximum atomic E-state index is 5.76. The molecule has 18 heavy (non-hydrogen) atoms. The van der Waals surface area contributed by atoms with Crippen LogP contribution in [0.15, 0.2) is 53.7 Å². The molecule has 1 aromatic heterocycles. The molecule has 0 aliphatic rings. The number of rotatable bonds is 2. The van der Waals surface area contributed by atoms with Gasteiger partial charge in [0, 0.05) is 16.3 Å². The average Bonchev–Trinajstić information content (AvgIpc) is 2.81. The summed E-state index contributed by atoms with van der Waals surface area (Å²) in [6.07, 6.45) is 3.91. The molecule has 0 spiro atoms. The lowest BCUT2D eigenvalue weighted by Gasteiger charge is -2.06. The van der Waals surface area contributed by atoms with E-state index < -0.39 is 0 Å². The van der Waals surface area contributed by atoms with E-state index in [4.69, 9.17) is 5.73 Å². The summed E-state index contributed by atoms with van der Waals surface area (Å²) in [5, 5.41) is 0. The van der Waals surface area contributed by atoms with E-state index in [-0.39, 0.29) is 0 Å². The molecule has 0 unspecified atom stereocenters. The Morgan fingerprint density at radius 3 is 2.89 bits per heavy atom. The summed E-state index contributed by atoms with van der Waals surface area (Å²) in [7, 11) is 0. The molecule has 2 N–H and O–H groups in total. The molecule has 0 atom stereocenters. The highest BCUT2D eigenvalue weighted by atomic mass is 32.2. The molecule has 1 heterocycles. The van der Waals surface area contributed by atoms with E-state index >= 15 is 0 Å². The predicted octanol–water partition coefficient (Wildman–Crippen LogP) is 3.33. The zero-order valence-corrected chi connectivity index (χ0v) is 10.8. The van der Waals surface area contributed by atoms with Gasteiger partial charge in [-0.3, -0.25) is 4.57 Å². The van der Waals surface area contributed by atoms with Gasteiger partial charge in [0.1, 0.15) is 6.33 Å². The van der Waals surface area contributed by atoms with Crippen LogP contribution in [-0.2, 0) is 0 Å². The number of hydrogen-bond donors (Lipinski definition) is 1. The minimum atomic E-state index is 0.741. The van der Waals surface area contributed by atoms with Gasteiger partial charge in [0.2, 0.25) is 0 Å². The fraction of sp³-hybridized carbons (Fsp3) is 0.0714. The van der Waals surface area contributed by atoms with Crippen molar-refractivity contribution in [1.29, 1.82) is 0 Å². The van der Waals surface area contributed by atoms with E-state index in [2.05, 4.69) is 40.1 Å². The van der Waals surface area contributed by atoms with Crippen LogP contribution in [0.1, 0.15) is 0 Å². The third-order valence-electron chi connectivity index (χ3n) is 2.90. The molecular formula is C14H13N3S. The van der Waals surface area contributed by atoms with Crippen LogP contribution < -0.4 is 5.73 Å². The van der Waals surface area contributed by atoms with E-state index in [9.17, 15) is 0 Å². The van der Waals surface area contributed by atoms with Crippen LogP contribution >= 0.6 is 11.8 Å². The van der Waals surface area contributed by atoms with E-state index in [0.29, 0.717) is 0 Å². The second kappa shape index (κ2) is 4.38. The lowest BCUT2D eigenvalue weighted by Crippen LogP contribution is -1.92. The normalized spacial score (nSPS) is 10.9. The maximum absolute atomic E-state index is 5.76. The zero-order valence-electron chi connectivity index (χ0n) is 10.00. The molecule has 0 aliphatic carbocycles. The summed E-state index contributed by atoms with van der Waals surface area (Å²) < 4.78 is 2.08. The second-order valence-electron chi connectivity index (χ2n) is 4.06. The Balaban J connectivity index is 2.19. The summed E-state index contributed by atoms with van der Waals surface area (Å²) in [5.74, 6) is 0. The first-order valence-corrected chi connectivity index (χ1v) is 6.87. The minimum Gasteiger partial charge on any atom is -0.399 e. The van der Waals surface area contributed by atoms with Crippen molar-refractivity contribution in [3.05, 3.63) is 48.8 Å². The molecule has 4 heteroatoms. The molecular weight excluding hydrogens is 242 g/mol. The van der Waals surface area contributed by atoms with E-state index in [0.717, 1.165) is 22.4 Å². The Hall–Kier alpha value is -1.94. The first kappa shape index (κ1) is 11.2. The van der Waals surface area contributed by atoms with E-state index in [1.54, 1.807) is 11.8 Å². The quantitative estimate of drug-likeness (QED) is 0.564. The summed E-state index contributed by atoms with van der Waals surface area (Å²) in [4.78, 5) is 5.63. The smallest absolute Gasteiger partial charge is 0.100 e. The lowest BCUT2D eigenvalue weighted by molar-refractivity contribution is 1.08. The van der Waals surface area contributed by atoms with Crippen LogP contribution in [0.25, 0.3) is 16.7 Å². The number of imidazole rings is 1. The molecule has 0 fully saturated rings. The van der Waals surface area contributed by atoms with Gasteiger partial charge in [-0.15, -0.1) is 11.8 Å². The van der Waals surface area contributed by atoms with Crippen molar-refractivity contribution in [3.8, 4) is 5.69 Å². The maximum Gasteiger partial charge on any atom is 0.100 e. The summed E-state index contributed by atoms with van der Waals surface area (Å²) >= 11 is 1.73. The van der Waals surface area contributed by atoms with Gasteiger partial charge >= 0.3 is 0 Å². The second-order valence-corrected chi connectivity index (χ2v) is 4.94. The summed E-state index contributed by atoms with van der Waals surface area (Å²) in [6.45, 7) is 0. The molecule has 0 amide bonds. The van der Waals surface area contributed by atoms with Gasteiger partial charge in [-0.1, -0.05) is 6.07 Å². The first-order valence-electron chi connectivity index (χ1n) is 5.65. The minimum absolute atomic E-state index is 0.741. The predicted molar refractivity (Wildman–Crippen MR) is 77.3 cm³/mol. The number of thioether (sulfide) groups is 1. The van der Waals surface area contributed by atoms with Gasteiger partial charge in [0.15, 0.2) is 0 Å². The number of hydrogen-bond acceptors (Lipinski definition) is 3. The fourth-order valence-corrected chi connectivity index (χ4v) is 2.45. The Labute approximate surface area is 110 Å². The van der Waals surface area contributed by atoms with Crippen LogP contribution in [0.4, 0.5) is 5.69 Å². The number of fused-ring (bicyclic) bond motifs is 1. The number of aromatic nitrogens is 2. The zero-order chi connectivity index (χ0) is 12.5. The molecule has 3 nitrogen and oxygen atoms in total. The van der Waals surface area contributed by atoms with Crippen molar-refractivity contribution in [2.24, 2.45) is 0 Å². The highest BCUT2D eigenvalue weighted by Gasteiger charge is 2.05. The highest BCUT2D eigenvalue weighted by Crippen LogP contribution is 2.23. The van der Waals surface area contributed by atoms with E-state index in [1.165, 1.54) is 4.90 Å². The number of benzene rings is 2. The number of anilines is 1. The SMILES string of the molecule is CSc1cccc(-n2cnc3cc(N)ccc32)c1. The molecule has 3 rings (SSSR count). The van der Waals surface area contributed by atoms with Gasteiger partial charge in [0.25, 0.3) is 0 Å².